The van der Waals surface area contributed by atoms with Gasteiger partial charge in [0.1, 0.15) is 10.6 Å². The lowest BCUT2D eigenvalue weighted by Gasteiger charge is -2.08. The summed E-state index contributed by atoms with van der Waals surface area (Å²) in [4.78, 5) is 12.3. The fourth-order valence-electron chi connectivity index (χ4n) is 2.45. The van der Waals surface area contributed by atoms with E-state index >= 15 is 0 Å². The first kappa shape index (κ1) is 20.4. The first-order valence-electron chi connectivity index (χ1n) is 8.43. The third kappa shape index (κ3) is 5.56. The highest BCUT2D eigenvalue weighted by atomic mass is 35.5. The van der Waals surface area contributed by atoms with Crippen molar-refractivity contribution >= 4 is 27.4 Å². The molecule has 26 heavy (non-hydrogen) atoms. The number of sulfonamides is 1. The highest BCUT2D eigenvalue weighted by Gasteiger charge is 2.17. The number of hydrogen-bond acceptors (Lipinski definition) is 4. The molecule has 0 unspecified atom stereocenters. The number of carbonyl (C=O) groups is 1. The lowest BCUT2D eigenvalue weighted by atomic mass is 10.0. The van der Waals surface area contributed by atoms with Crippen LogP contribution in [0.1, 0.15) is 48.5 Å². The van der Waals surface area contributed by atoms with E-state index in [1.54, 1.807) is 24.3 Å². The van der Waals surface area contributed by atoms with Crippen molar-refractivity contribution in [2.45, 2.75) is 37.5 Å². The summed E-state index contributed by atoms with van der Waals surface area (Å²) < 4.78 is 28.7. The van der Waals surface area contributed by atoms with Crippen LogP contribution in [-0.4, -0.2) is 20.8 Å². The fraction of sp³-hybridized carbons (Fsp3) is 0.316. The number of nitrogens with two attached hydrogens (primary N) is 1. The maximum atomic E-state index is 12.6. The fourth-order valence-corrected chi connectivity index (χ4v) is 3.52. The van der Waals surface area contributed by atoms with Gasteiger partial charge in [0.15, 0.2) is 5.78 Å². The molecule has 0 saturated carbocycles. The second-order valence-corrected chi connectivity index (χ2v) is 7.89. The van der Waals surface area contributed by atoms with Crippen LogP contribution in [0.15, 0.2) is 47.4 Å². The van der Waals surface area contributed by atoms with Gasteiger partial charge in [0, 0.05) is 11.1 Å². The van der Waals surface area contributed by atoms with Crippen LogP contribution in [-0.2, 0) is 10.0 Å². The van der Waals surface area contributed by atoms with Crippen molar-refractivity contribution in [2.24, 2.45) is 5.14 Å². The second-order valence-electron chi connectivity index (χ2n) is 5.95. The maximum absolute atomic E-state index is 12.6. The van der Waals surface area contributed by atoms with E-state index in [0.29, 0.717) is 17.9 Å². The average molecular weight is 396 g/mol. The molecule has 140 valence electrons. The van der Waals surface area contributed by atoms with Gasteiger partial charge >= 0.3 is 0 Å². The second kappa shape index (κ2) is 9.16. The minimum atomic E-state index is -4.00. The number of ketones is 1. The zero-order valence-electron chi connectivity index (χ0n) is 14.6. The Labute approximate surface area is 159 Å². The Bertz CT molecular complexity index is 864. The Kier molecular flexibility index (Phi) is 7.20. The minimum Gasteiger partial charge on any atom is -0.494 e. The number of benzene rings is 2. The van der Waals surface area contributed by atoms with Crippen molar-refractivity contribution in [2.75, 3.05) is 6.61 Å². The summed E-state index contributed by atoms with van der Waals surface area (Å²) in [5, 5.41) is 5.10. The van der Waals surface area contributed by atoms with E-state index in [4.69, 9.17) is 21.5 Å². The van der Waals surface area contributed by atoms with Crippen molar-refractivity contribution in [3.05, 3.63) is 58.6 Å². The highest BCUT2D eigenvalue weighted by molar-refractivity contribution is 7.89. The molecule has 2 aromatic rings. The monoisotopic (exact) mass is 395 g/mol. The van der Waals surface area contributed by atoms with Crippen LogP contribution in [0.5, 0.6) is 5.75 Å². The summed E-state index contributed by atoms with van der Waals surface area (Å²) in [5.74, 6) is 0.375. The van der Waals surface area contributed by atoms with Crippen molar-refractivity contribution in [3.63, 3.8) is 0 Å². The zero-order chi connectivity index (χ0) is 19.2. The van der Waals surface area contributed by atoms with Gasteiger partial charge in [0.05, 0.1) is 11.6 Å². The molecule has 2 rings (SSSR count). The third-order valence-electron chi connectivity index (χ3n) is 3.88. The molecular formula is C19H22ClNO4S. The van der Waals surface area contributed by atoms with Crippen LogP contribution in [0.3, 0.4) is 0 Å². The number of carbonyl (C=O) groups excluding carboxylic acids is 1. The van der Waals surface area contributed by atoms with E-state index in [0.717, 1.165) is 12.8 Å². The third-order valence-corrected chi connectivity index (χ3v) is 5.28. The van der Waals surface area contributed by atoms with Gasteiger partial charge in [0.2, 0.25) is 10.0 Å². The number of hydrogen-bond donors (Lipinski definition) is 1. The van der Waals surface area contributed by atoms with E-state index in [2.05, 4.69) is 6.92 Å². The molecule has 0 aromatic heterocycles. The number of unbranched alkanes of at least 4 members (excludes halogenated alkanes) is 3. The van der Waals surface area contributed by atoms with E-state index in [1.807, 2.05) is 0 Å². The van der Waals surface area contributed by atoms with Gasteiger partial charge in [-0.1, -0.05) is 37.8 Å². The van der Waals surface area contributed by atoms with Gasteiger partial charge in [-0.05, 0) is 48.9 Å². The van der Waals surface area contributed by atoms with Crippen molar-refractivity contribution in [3.8, 4) is 5.75 Å². The van der Waals surface area contributed by atoms with Gasteiger partial charge < -0.3 is 4.74 Å². The molecule has 7 heteroatoms. The molecule has 0 bridgehead atoms. The summed E-state index contributed by atoms with van der Waals surface area (Å²) in [6, 6.07) is 10.8. The van der Waals surface area contributed by atoms with E-state index in [9.17, 15) is 13.2 Å². The summed E-state index contributed by atoms with van der Waals surface area (Å²) >= 11 is 5.85. The molecule has 0 fully saturated rings. The van der Waals surface area contributed by atoms with Gasteiger partial charge in [-0.25, -0.2) is 13.6 Å². The Hall–Kier alpha value is -1.89. The van der Waals surface area contributed by atoms with Crippen molar-refractivity contribution in [1.82, 2.24) is 0 Å². The van der Waals surface area contributed by atoms with Crippen LogP contribution in [0, 0.1) is 0 Å². The molecule has 2 aromatic carbocycles. The molecule has 0 saturated heterocycles. The predicted octanol–water partition coefficient (Wildman–Crippen LogP) is 4.18. The predicted molar refractivity (Wildman–Crippen MR) is 102 cm³/mol. The molecule has 0 atom stereocenters. The first-order chi connectivity index (χ1) is 12.3. The van der Waals surface area contributed by atoms with Gasteiger partial charge in [0.25, 0.3) is 0 Å². The largest absolute Gasteiger partial charge is 0.494 e. The molecule has 2 N–H and O–H groups in total. The van der Waals surface area contributed by atoms with E-state index in [-0.39, 0.29) is 21.3 Å². The molecule has 0 aliphatic rings. The van der Waals surface area contributed by atoms with Crippen LogP contribution in [0.25, 0.3) is 0 Å². The summed E-state index contributed by atoms with van der Waals surface area (Å²) in [6.45, 7) is 2.80. The van der Waals surface area contributed by atoms with Crippen molar-refractivity contribution < 1.29 is 17.9 Å². The summed E-state index contributed by atoms with van der Waals surface area (Å²) in [6.07, 6.45) is 4.50. The van der Waals surface area contributed by atoms with Gasteiger partial charge in [-0.3, -0.25) is 4.79 Å². The summed E-state index contributed by atoms with van der Waals surface area (Å²) in [7, 11) is -4.00. The van der Waals surface area contributed by atoms with E-state index < -0.39 is 10.0 Å². The van der Waals surface area contributed by atoms with E-state index in [1.165, 1.54) is 31.0 Å². The summed E-state index contributed by atoms with van der Waals surface area (Å²) in [5.41, 5.74) is 0.623. The molecule has 0 aliphatic carbocycles. The highest BCUT2D eigenvalue weighted by Crippen LogP contribution is 2.23. The van der Waals surface area contributed by atoms with Crippen LogP contribution >= 0.6 is 11.6 Å². The topological polar surface area (TPSA) is 86.5 Å². The Balaban J connectivity index is 2.08. The molecular weight excluding hydrogens is 374 g/mol. The number of ether oxygens (including phenoxy) is 1. The van der Waals surface area contributed by atoms with Crippen LogP contribution < -0.4 is 9.88 Å². The van der Waals surface area contributed by atoms with Gasteiger partial charge in [-0.2, -0.15) is 0 Å². The standard InChI is InChI=1S/C19H22ClNO4S/c1-2-3-4-5-12-25-16-9-6-14(7-10-16)19(22)15-8-11-17(20)18(13-15)26(21,23)24/h6-11,13H,2-5,12H2,1H3,(H2,21,23,24). The minimum absolute atomic E-state index is 0.0177. The Morgan fingerprint density at radius 2 is 1.69 bits per heavy atom. The zero-order valence-corrected chi connectivity index (χ0v) is 16.1. The number of rotatable bonds is 9. The molecule has 0 spiro atoms. The first-order valence-corrected chi connectivity index (χ1v) is 10.3. The van der Waals surface area contributed by atoms with Gasteiger partial charge in [-0.15, -0.1) is 0 Å². The Morgan fingerprint density at radius 1 is 1.04 bits per heavy atom. The molecule has 5 nitrogen and oxygen atoms in total. The van der Waals surface area contributed by atoms with Crippen LogP contribution in [0.4, 0.5) is 0 Å². The number of primary sulfonamides is 1. The maximum Gasteiger partial charge on any atom is 0.239 e. The average Bonchev–Trinajstić information content (AvgIpc) is 2.61. The SMILES string of the molecule is CCCCCCOc1ccc(C(=O)c2ccc(Cl)c(S(N)(=O)=O)c2)cc1. The number of halogens is 1. The smallest absolute Gasteiger partial charge is 0.239 e. The lowest BCUT2D eigenvalue weighted by Crippen LogP contribution is -2.14. The molecule has 0 heterocycles. The quantitative estimate of drug-likeness (QED) is 0.509. The molecule has 0 amide bonds. The van der Waals surface area contributed by atoms with Crippen LogP contribution in [0.2, 0.25) is 5.02 Å². The normalized spacial score (nSPS) is 11.3. The molecule has 0 radical (unpaired) electrons. The van der Waals surface area contributed by atoms with Crippen molar-refractivity contribution in [1.29, 1.82) is 0 Å². The lowest BCUT2D eigenvalue weighted by molar-refractivity contribution is 0.103. The molecule has 0 aliphatic heterocycles. The Morgan fingerprint density at radius 3 is 2.31 bits per heavy atom.